The van der Waals surface area contributed by atoms with Crippen LogP contribution in [0.5, 0.6) is 0 Å². The topological polar surface area (TPSA) is 60.9 Å². The lowest BCUT2D eigenvalue weighted by Gasteiger charge is -2.33. The zero-order valence-corrected chi connectivity index (χ0v) is 18.3. The van der Waals surface area contributed by atoms with E-state index in [1.54, 1.807) is 25.1 Å². The van der Waals surface area contributed by atoms with Crippen LogP contribution >= 0.6 is 0 Å². The van der Waals surface area contributed by atoms with Crippen LogP contribution in [0.25, 0.3) is 0 Å². The zero-order valence-electron chi connectivity index (χ0n) is 18.3. The molecule has 1 N–H and O–H groups in total. The first-order valence-corrected chi connectivity index (χ1v) is 10.4. The number of aryl methyl sites for hydroxylation is 1. The summed E-state index contributed by atoms with van der Waals surface area (Å²) in [4.78, 5) is 26.7. The van der Waals surface area contributed by atoms with Crippen molar-refractivity contribution in [2.75, 3.05) is 11.4 Å². The third-order valence-corrected chi connectivity index (χ3v) is 5.80. The summed E-state index contributed by atoms with van der Waals surface area (Å²) in [5, 5.41) is 9.62. The predicted octanol–water partition coefficient (Wildman–Crippen LogP) is 6.40. The zero-order chi connectivity index (χ0) is 25.4. The van der Waals surface area contributed by atoms with E-state index in [1.165, 1.54) is 11.8 Å². The highest BCUT2D eigenvalue weighted by atomic mass is 19.4. The second-order valence-electron chi connectivity index (χ2n) is 8.16. The largest absolute Gasteiger partial charge is 0.465 e. The maximum absolute atomic E-state index is 13.3. The third kappa shape index (κ3) is 5.28. The normalized spacial score (nSPS) is 16.6. The number of nitrogens with zero attached hydrogens (tertiary/aromatic N) is 2. The molecule has 0 saturated heterocycles. The molecule has 1 unspecified atom stereocenters. The summed E-state index contributed by atoms with van der Waals surface area (Å²) in [5.74, 6) is -0.561. The molecule has 2 amide bonds. The Bertz CT molecular complexity index is 1060. The van der Waals surface area contributed by atoms with Crippen LogP contribution in [0, 0.1) is 6.92 Å². The number of alkyl halides is 6. The third-order valence-electron chi connectivity index (χ3n) is 5.80. The first-order chi connectivity index (χ1) is 15.7. The summed E-state index contributed by atoms with van der Waals surface area (Å²) in [7, 11) is 0. The highest BCUT2D eigenvalue weighted by Crippen LogP contribution is 2.41. The minimum absolute atomic E-state index is 0.0391. The van der Waals surface area contributed by atoms with Crippen molar-refractivity contribution < 1.29 is 41.0 Å². The minimum Gasteiger partial charge on any atom is -0.465 e. The first-order valence-electron chi connectivity index (χ1n) is 10.4. The number of carbonyl (C=O) groups is 2. The van der Waals surface area contributed by atoms with Crippen LogP contribution in [-0.2, 0) is 23.7 Å². The second kappa shape index (κ2) is 9.19. The second-order valence-corrected chi connectivity index (χ2v) is 8.16. The summed E-state index contributed by atoms with van der Waals surface area (Å²) < 4.78 is 79.8. The van der Waals surface area contributed by atoms with Gasteiger partial charge in [-0.1, -0.05) is 12.1 Å². The molecule has 1 atom stereocenters. The van der Waals surface area contributed by atoms with Gasteiger partial charge in [0.1, 0.15) is 0 Å². The van der Waals surface area contributed by atoms with Crippen LogP contribution in [0.4, 0.5) is 36.8 Å². The molecule has 0 bridgehead atoms. The lowest BCUT2D eigenvalue weighted by molar-refractivity contribution is -0.143. The summed E-state index contributed by atoms with van der Waals surface area (Å²) in [6, 6.07) is 5.43. The van der Waals surface area contributed by atoms with Gasteiger partial charge in [-0.3, -0.25) is 9.69 Å². The fraction of sp³-hybridized carbons (Fsp3) is 0.391. The molecular formula is C23H22F6N2O3. The monoisotopic (exact) mass is 488 g/mol. The van der Waals surface area contributed by atoms with Gasteiger partial charge >= 0.3 is 18.4 Å². The van der Waals surface area contributed by atoms with Gasteiger partial charge in [-0.2, -0.15) is 26.3 Å². The van der Waals surface area contributed by atoms with E-state index < -0.39 is 48.1 Å². The van der Waals surface area contributed by atoms with Crippen molar-refractivity contribution in [3.05, 3.63) is 64.2 Å². The average Bonchev–Trinajstić information content (AvgIpc) is 2.91. The highest BCUT2D eigenvalue weighted by Gasteiger charge is 2.38. The van der Waals surface area contributed by atoms with E-state index in [9.17, 15) is 41.0 Å². The number of halogens is 6. The van der Waals surface area contributed by atoms with Gasteiger partial charge in [-0.05, 0) is 55.2 Å². The van der Waals surface area contributed by atoms with E-state index in [-0.39, 0.29) is 24.6 Å². The van der Waals surface area contributed by atoms with Gasteiger partial charge in [-0.25, -0.2) is 4.79 Å². The number of anilines is 1. The van der Waals surface area contributed by atoms with Crippen molar-refractivity contribution in [1.29, 1.82) is 0 Å². The number of amides is 2. The van der Waals surface area contributed by atoms with Crippen molar-refractivity contribution in [3.63, 3.8) is 0 Å². The lowest BCUT2D eigenvalue weighted by atomic mass is 9.94. The van der Waals surface area contributed by atoms with Crippen LogP contribution in [-0.4, -0.2) is 28.6 Å². The molecule has 0 spiro atoms. The van der Waals surface area contributed by atoms with Gasteiger partial charge in [0.25, 0.3) is 0 Å². The van der Waals surface area contributed by atoms with Crippen molar-refractivity contribution in [2.45, 2.75) is 51.6 Å². The molecule has 3 rings (SSSR count). The number of rotatable bonds is 3. The number of fused-ring (bicyclic) bond motifs is 1. The molecule has 0 fully saturated rings. The first kappa shape index (κ1) is 25.4. The molecular weight excluding hydrogens is 466 g/mol. The molecule has 0 radical (unpaired) electrons. The van der Waals surface area contributed by atoms with Crippen LogP contribution in [0.3, 0.4) is 0 Å². The quantitative estimate of drug-likeness (QED) is 0.509. The van der Waals surface area contributed by atoms with Gasteiger partial charge in [0.2, 0.25) is 5.91 Å². The maximum Gasteiger partial charge on any atom is 0.416 e. The number of benzene rings is 2. The van der Waals surface area contributed by atoms with E-state index in [0.29, 0.717) is 35.4 Å². The molecule has 0 saturated carbocycles. The molecule has 0 aromatic heterocycles. The Hall–Kier alpha value is -3.24. The molecule has 5 nitrogen and oxygen atoms in total. The van der Waals surface area contributed by atoms with Gasteiger partial charge in [0, 0.05) is 25.6 Å². The highest BCUT2D eigenvalue weighted by molar-refractivity contribution is 5.88. The standard InChI is InChI=1S/C23H22F6N2O3/c1-13-5-3-6-18-20(13)19(7-4-8-30(18)21(33)34)31(14(2)32)12-15-9-16(22(24,25)26)11-17(10-15)23(27,28)29/h3,5-6,9-11,19H,4,7-8,12H2,1-2H3,(H,33,34). The van der Waals surface area contributed by atoms with E-state index in [1.807, 2.05) is 0 Å². The lowest BCUT2D eigenvalue weighted by Crippen LogP contribution is -2.34. The van der Waals surface area contributed by atoms with Crippen molar-refractivity contribution >= 4 is 17.7 Å². The number of carbonyl (C=O) groups excluding carboxylic acids is 1. The Morgan fingerprint density at radius 3 is 2.15 bits per heavy atom. The van der Waals surface area contributed by atoms with Gasteiger partial charge < -0.3 is 10.0 Å². The smallest absolute Gasteiger partial charge is 0.416 e. The summed E-state index contributed by atoms with van der Waals surface area (Å²) in [6.07, 6.45) is -10.6. The van der Waals surface area contributed by atoms with E-state index >= 15 is 0 Å². The fourth-order valence-corrected chi connectivity index (χ4v) is 4.30. The minimum atomic E-state index is -5.01. The molecule has 1 aliphatic heterocycles. The molecule has 34 heavy (non-hydrogen) atoms. The summed E-state index contributed by atoms with van der Waals surface area (Å²) >= 11 is 0. The molecule has 1 aliphatic rings. The Morgan fingerprint density at radius 1 is 1.06 bits per heavy atom. The molecule has 0 aliphatic carbocycles. The Labute approximate surface area is 191 Å². The maximum atomic E-state index is 13.3. The Balaban J connectivity index is 2.11. The SMILES string of the molecule is CC(=O)N(Cc1cc(C(F)(F)F)cc(C(F)(F)F)c1)C1CCCN(C(=O)O)c2cccc(C)c21. The van der Waals surface area contributed by atoms with Crippen LogP contribution in [0.1, 0.15) is 53.6 Å². The molecule has 184 valence electrons. The fourth-order valence-electron chi connectivity index (χ4n) is 4.30. The number of carboxylic acid groups (broad SMARTS) is 1. The van der Waals surface area contributed by atoms with Crippen molar-refractivity contribution in [3.8, 4) is 0 Å². The molecule has 2 aromatic rings. The van der Waals surface area contributed by atoms with Crippen molar-refractivity contribution in [2.24, 2.45) is 0 Å². The average molecular weight is 488 g/mol. The molecule has 2 aromatic carbocycles. The van der Waals surface area contributed by atoms with Crippen LogP contribution in [0.2, 0.25) is 0 Å². The summed E-state index contributed by atoms with van der Waals surface area (Å²) in [5.41, 5.74) is -1.76. The van der Waals surface area contributed by atoms with Gasteiger partial charge in [0.15, 0.2) is 0 Å². The van der Waals surface area contributed by atoms with Gasteiger partial charge in [0.05, 0.1) is 22.9 Å². The van der Waals surface area contributed by atoms with Crippen LogP contribution < -0.4 is 4.90 Å². The van der Waals surface area contributed by atoms with E-state index in [2.05, 4.69) is 0 Å². The molecule has 11 heteroatoms. The number of hydrogen-bond acceptors (Lipinski definition) is 2. The van der Waals surface area contributed by atoms with Gasteiger partial charge in [-0.15, -0.1) is 0 Å². The van der Waals surface area contributed by atoms with E-state index in [0.717, 1.165) is 4.90 Å². The molecule has 1 heterocycles. The van der Waals surface area contributed by atoms with E-state index in [4.69, 9.17) is 0 Å². The van der Waals surface area contributed by atoms with Crippen molar-refractivity contribution in [1.82, 2.24) is 4.90 Å². The predicted molar refractivity (Wildman–Crippen MR) is 111 cm³/mol. The Morgan fingerprint density at radius 2 is 1.65 bits per heavy atom. The Kier molecular flexibility index (Phi) is 6.86. The summed E-state index contributed by atoms with van der Waals surface area (Å²) in [6.45, 7) is 2.52. The van der Waals surface area contributed by atoms with Crippen LogP contribution in [0.15, 0.2) is 36.4 Å². The number of hydrogen-bond donors (Lipinski definition) is 1.